The highest BCUT2D eigenvalue weighted by molar-refractivity contribution is 5.64. The lowest BCUT2D eigenvalue weighted by Gasteiger charge is -1.91. The van der Waals surface area contributed by atoms with Crippen LogP contribution in [0, 0.1) is 11.3 Å². The van der Waals surface area contributed by atoms with E-state index in [9.17, 15) is 4.79 Å². The maximum absolute atomic E-state index is 10.3. The molecule has 1 rings (SSSR count). The van der Waals surface area contributed by atoms with Crippen LogP contribution in [0.4, 0.5) is 0 Å². The highest BCUT2D eigenvalue weighted by atomic mass is 16.1. The van der Waals surface area contributed by atoms with Gasteiger partial charge in [0.05, 0.1) is 18.1 Å². The third kappa shape index (κ3) is 1.44. The number of hydrogen-bond donors (Lipinski definition) is 0. The zero-order chi connectivity index (χ0) is 8.27. The van der Waals surface area contributed by atoms with E-state index in [1.165, 1.54) is 0 Å². The van der Waals surface area contributed by atoms with Gasteiger partial charge in [-0.1, -0.05) is 0 Å². The Hall–Kier alpha value is -1.63. The number of aromatic nitrogens is 2. The highest BCUT2D eigenvalue weighted by Gasteiger charge is 2.10. The zero-order valence-electron chi connectivity index (χ0n) is 6.06. The SMILES string of the molecule is Cn1cnc(C(C#N)C=O)c1. The average Bonchev–Trinajstić information content (AvgIpc) is 2.39. The number of rotatable bonds is 2. The third-order valence-corrected chi connectivity index (χ3v) is 1.32. The summed E-state index contributed by atoms with van der Waals surface area (Å²) in [6.45, 7) is 0. The Bertz CT molecular complexity index is 297. The fourth-order valence-electron chi connectivity index (χ4n) is 0.760. The number of aldehydes is 1. The fourth-order valence-corrected chi connectivity index (χ4v) is 0.760. The van der Waals surface area contributed by atoms with Gasteiger partial charge in [0.2, 0.25) is 0 Å². The van der Waals surface area contributed by atoms with Gasteiger partial charge in [0, 0.05) is 13.2 Å². The summed E-state index contributed by atoms with van der Waals surface area (Å²) in [5, 5.41) is 8.46. The monoisotopic (exact) mass is 149 g/mol. The number of carbonyl (C=O) groups is 1. The summed E-state index contributed by atoms with van der Waals surface area (Å²) in [4.78, 5) is 14.1. The van der Waals surface area contributed by atoms with Crippen molar-refractivity contribution in [2.45, 2.75) is 5.92 Å². The lowest BCUT2D eigenvalue weighted by Crippen LogP contribution is -1.96. The van der Waals surface area contributed by atoms with Gasteiger partial charge in [0.15, 0.2) is 0 Å². The van der Waals surface area contributed by atoms with Gasteiger partial charge in [-0.05, 0) is 0 Å². The molecular weight excluding hydrogens is 142 g/mol. The van der Waals surface area contributed by atoms with E-state index in [1.807, 2.05) is 6.07 Å². The minimum absolute atomic E-state index is 0.505. The van der Waals surface area contributed by atoms with Crippen LogP contribution in [0.3, 0.4) is 0 Å². The molecule has 1 unspecified atom stereocenters. The Morgan fingerprint density at radius 1 is 1.91 bits per heavy atom. The van der Waals surface area contributed by atoms with Gasteiger partial charge in [0.1, 0.15) is 12.2 Å². The summed E-state index contributed by atoms with van der Waals surface area (Å²) in [5.74, 6) is -0.726. The Morgan fingerprint density at radius 3 is 3.00 bits per heavy atom. The summed E-state index contributed by atoms with van der Waals surface area (Å²) >= 11 is 0. The molecule has 1 heterocycles. The molecule has 11 heavy (non-hydrogen) atoms. The first-order valence-corrected chi connectivity index (χ1v) is 3.10. The molecule has 0 fully saturated rings. The molecule has 0 aliphatic rings. The number of hydrogen-bond acceptors (Lipinski definition) is 3. The second-order valence-corrected chi connectivity index (χ2v) is 2.21. The summed E-state index contributed by atoms with van der Waals surface area (Å²) in [5.41, 5.74) is 0.505. The quantitative estimate of drug-likeness (QED) is 0.565. The predicted octanol–water partition coefficient (Wildman–Crippen LogP) is 0.226. The van der Waals surface area contributed by atoms with Gasteiger partial charge in [-0.25, -0.2) is 4.98 Å². The first-order chi connectivity index (χ1) is 5.27. The van der Waals surface area contributed by atoms with Crippen molar-refractivity contribution in [1.82, 2.24) is 9.55 Å². The molecule has 4 heteroatoms. The molecule has 0 N–H and O–H groups in total. The molecule has 0 bridgehead atoms. The van der Waals surface area contributed by atoms with Crippen molar-refractivity contribution in [1.29, 1.82) is 5.26 Å². The number of imidazole rings is 1. The van der Waals surface area contributed by atoms with E-state index in [-0.39, 0.29) is 0 Å². The van der Waals surface area contributed by atoms with Gasteiger partial charge >= 0.3 is 0 Å². The van der Waals surface area contributed by atoms with Crippen molar-refractivity contribution in [3.05, 3.63) is 18.2 Å². The second kappa shape index (κ2) is 2.97. The van der Waals surface area contributed by atoms with Gasteiger partial charge < -0.3 is 9.36 Å². The Labute approximate surface area is 64.1 Å². The summed E-state index contributed by atoms with van der Waals surface area (Å²) < 4.78 is 1.70. The van der Waals surface area contributed by atoms with Crippen molar-refractivity contribution in [3.63, 3.8) is 0 Å². The molecule has 4 nitrogen and oxygen atoms in total. The van der Waals surface area contributed by atoms with Gasteiger partial charge in [0.25, 0.3) is 0 Å². The van der Waals surface area contributed by atoms with Crippen molar-refractivity contribution in [2.24, 2.45) is 7.05 Å². The topological polar surface area (TPSA) is 58.7 Å². The standard InChI is InChI=1S/C7H7N3O/c1-10-3-7(9-5-10)6(2-8)4-11/h3-6H,1H3. The van der Waals surface area contributed by atoms with E-state index in [2.05, 4.69) is 4.98 Å². The fraction of sp³-hybridized carbons (Fsp3) is 0.286. The van der Waals surface area contributed by atoms with E-state index in [4.69, 9.17) is 5.26 Å². The number of carbonyl (C=O) groups excluding carboxylic acids is 1. The smallest absolute Gasteiger partial charge is 0.145 e. The number of nitriles is 1. The van der Waals surface area contributed by atoms with Crippen LogP contribution in [0.5, 0.6) is 0 Å². The van der Waals surface area contributed by atoms with Crippen LogP contribution in [0.1, 0.15) is 11.6 Å². The van der Waals surface area contributed by atoms with Crippen LogP contribution in [0.2, 0.25) is 0 Å². The molecule has 1 atom stereocenters. The van der Waals surface area contributed by atoms with Crippen molar-refractivity contribution < 1.29 is 4.79 Å². The Morgan fingerprint density at radius 2 is 2.64 bits per heavy atom. The van der Waals surface area contributed by atoms with E-state index >= 15 is 0 Å². The Balaban J connectivity index is 2.92. The molecule has 0 saturated heterocycles. The van der Waals surface area contributed by atoms with Crippen LogP contribution in [0.15, 0.2) is 12.5 Å². The first kappa shape index (κ1) is 7.48. The van der Waals surface area contributed by atoms with Crippen LogP contribution < -0.4 is 0 Å². The molecule has 0 saturated carbocycles. The van der Waals surface area contributed by atoms with Gasteiger partial charge in [-0.2, -0.15) is 5.26 Å². The zero-order valence-corrected chi connectivity index (χ0v) is 6.06. The van der Waals surface area contributed by atoms with E-state index in [0.29, 0.717) is 12.0 Å². The largest absolute Gasteiger partial charge is 0.340 e. The second-order valence-electron chi connectivity index (χ2n) is 2.21. The van der Waals surface area contributed by atoms with Gasteiger partial charge in [-0.3, -0.25) is 0 Å². The molecule has 0 aliphatic heterocycles. The normalized spacial score (nSPS) is 12.0. The maximum atomic E-state index is 10.3. The Kier molecular flexibility index (Phi) is 2.02. The molecule has 1 aromatic rings. The first-order valence-electron chi connectivity index (χ1n) is 3.10. The summed E-state index contributed by atoms with van der Waals surface area (Å²) in [6, 6.07) is 1.84. The predicted molar refractivity (Wildman–Crippen MR) is 37.6 cm³/mol. The molecule has 0 amide bonds. The molecule has 0 radical (unpaired) electrons. The minimum atomic E-state index is -0.726. The lowest BCUT2D eigenvalue weighted by atomic mass is 10.1. The average molecular weight is 149 g/mol. The highest BCUT2D eigenvalue weighted by Crippen LogP contribution is 2.07. The molecule has 0 aliphatic carbocycles. The van der Waals surface area contributed by atoms with E-state index in [0.717, 1.165) is 0 Å². The summed E-state index contributed by atoms with van der Waals surface area (Å²) in [7, 11) is 1.79. The number of nitrogens with zero attached hydrogens (tertiary/aromatic N) is 3. The van der Waals surface area contributed by atoms with Crippen LogP contribution >= 0.6 is 0 Å². The van der Waals surface area contributed by atoms with Crippen molar-refractivity contribution in [3.8, 4) is 6.07 Å². The van der Waals surface area contributed by atoms with E-state index in [1.54, 1.807) is 24.1 Å². The van der Waals surface area contributed by atoms with Crippen molar-refractivity contribution >= 4 is 6.29 Å². The minimum Gasteiger partial charge on any atom is -0.340 e. The van der Waals surface area contributed by atoms with E-state index < -0.39 is 5.92 Å². The third-order valence-electron chi connectivity index (χ3n) is 1.32. The van der Waals surface area contributed by atoms with Crippen LogP contribution in [0.25, 0.3) is 0 Å². The molecule has 56 valence electrons. The number of aryl methyl sites for hydroxylation is 1. The van der Waals surface area contributed by atoms with Gasteiger partial charge in [-0.15, -0.1) is 0 Å². The maximum Gasteiger partial charge on any atom is 0.145 e. The lowest BCUT2D eigenvalue weighted by molar-refractivity contribution is -0.108. The summed E-state index contributed by atoms with van der Waals surface area (Å²) in [6.07, 6.45) is 3.80. The van der Waals surface area contributed by atoms with Crippen LogP contribution in [-0.2, 0) is 11.8 Å². The molecular formula is C7H7N3O. The molecule has 0 spiro atoms. The molecule has 1 aromatic heterocycles. The molecule has 0 aromatic carbocycles. The van der Waals surface area contributed by atoms with Crippen molar-refractivity contribution in [2.75, 3.05) is 0 Å². The van der Waals surface area contributed by atoms with Crippen LogP contribution in [-0.4, -0.2) is 15.8 Å².